The molecular weight excluding hydrogens is 363 g/mol. The summed E-state index contributed by atoms with van der Waals surface area (Å²) in [6.07, 6.45) is 0. The summed E-state index contributed by atoms with van der Waals surface area (Å²) in [5.41, 5.74) is -0.472. The monoisotopic (exact) mass is 380 g/mol. The first kappa shape index (κ1) is 18.1. The molecule has 1 atom stereocenters. The van der Waals surface area contributed by atoms with Gasteiger partial charge in [-0.05, 0) is 61.8 Å². The van der Waals surface area contributed by atoms with Gasteiger partial charge >= 0.3 is 0 Å². The number of halogens is 2. The zero-order valence-corrected chi connectivity index (χ0v) is 14.6. The largest absolute Gasteiger partial charge is 0.350 e. The van der Waals surface area contributed by atoms with Gasteiger partial charge in [0.05, 0.1) is 15.4 Å². The average molecular weight is 381 g/mol. The number of hydrogen-bond donors (Lipinski definition) is 2. The second-order valence-electron chi connectivity index (χ2n) is 5.66. The van der Waals surface area contributed by atoms with E-state index in [0.717, 1.165) is 6.07 Å². The van der Waals surface area contributed by atoms with Crippen molar-refractivity contribution in [1.29, 1.82) is 0 Å². The summed E-state index contributed by atoms with van der Waals surface area (Å²) in [5.74, 6) is -1.15. The van der Waals surface area contributed by atoms with E-state index in [0.29, 0.717) is 0 Å². The normalized spacial score (nSPS) is 13.8. The highest BCUT2D eigenvalue weighted by molar-refractivity contribution is 9.10. The Bertz CT molecular complexity index is 641. The Morgan fingerprint density at radius 2 is 1.90 bits per heavy atom. The maximum atomic E-state index is 13.4. The van der Waals surface area contributed by atoms with Crippen LogP contribution in [0.25, 0.3) is 0 Å². The van der Waals surface area contributed by atoms with E-state index in [9.17, 15) is 17.6 Å². The van der Waals surface area contributed by atoms with Crippen molar-refractivity contribution in [2.24, 2.45) is 0 Å². The summed E-state index contributed by atoms with van der Waals surface area (Å²) < 4.78 is 40.0. The van der Waals surface area contributed by atoms with Crippen LogP contribution < -0.4 is 10.0 Å². The Balaban J connectivity index is 2.89. The number of nitrogens with one attached hydrogen (secondary N) is 2. The molecule has 1 unspecified atom stereocenters. The van der Waals surface area contributed by atoms with Gasteiger partial charge in [-0.15, -0.1) is 0 Å². The molecular formula is C13H18BrFN2O3S. The van der Waals surface area contributed by atoms with Crippen molar-refractivity contribution >= 4 is 31.9 Å². The van der Waals surface area contributed by atoms with Crippen LogP contribution in [0.5, 0.6) is 0 Å². The second-order valence-corrected chi connectivity index (χ2v) is 8.23. The smallest absolute Gasteiger partial charge is 0.241 e. The second kappa shape index (κ2) is 6.41. The van der Waals surface area contributed by atoms with Crippen LogP contribution in [0.3, 0.4) is 0 Å². The highest BCUT2D eigenvalue weighted by Crippen LogP contribution is 2.19. The topological polar surface area (TPSA) is 75.3 Å². The Morgan fingerprint density at radius 1 is 1.33 bits per heavy atom. The number of amides is 1. The fourth-order valence-corrected chi connectivity index (χ4v) is 2.94. The van der Waals surface area contributed by atoms with Gasteiger partial charge in [-0.3, -0.25) is 4.79 Å². The van der Waals surface area contributed by atoms with E-state index < -0.39 is 33.3 Å². The number of rotatable bonds is 4. The van der Waals surface area contributed by atoms with Crippen molar-refractivity contribution in [3.63, 3.8) is 0 Å². The quantitative estimate of drug-likeness (QED) is 0.840. The molecule has 118 valence electrons. The highest BCUT2D eigenvalue weighted by atomic mass is 79.9. The standard InChI is InChI=1S/C13H18BrFN2O3S/c1-8(12(18)16-13(2,3)4)17-21(19,20)9-5-6-10(14)11(15)7-9/h5-8,17H,1-4H3,(H,16,18). The summed E-state index contributed by atoms with van der Waals surface area (Å²) in [6, 6.07) is 2.47. The molecule has 1 aromatic carbocycles. The molecule has 2 N–H and O–H groups in total. The molecule has 0 bridgehead atoms. The van der Waals surface area contributed by atoms with E-state index in [4.69, 9.17) is 0 Å². The first-order valence-corrected chi connectivity index (χ1v) is 8.49. The molecule has 0 aliphatic rings. The third-order valence-electron chi connectivity index (χ3n) is 2.42. The minimum Gasteiger partial charge on any atom is -0.350 e. The molecule has 0 aromatic heterocycles. The molecule has 0 aliphatic heterocycles. The number of carbonyl (C=O) groups excluding carboxylic acids is 1. The molecule has 0 aliphatic carbocycles. The van der Waals surface area contributed by atoms with Gasteiger partial charge in [0.2, 0.25) is 15.9 Å². The van der Waals surface area contributed by atoms with Crippen molar-refractivity contribution in [2.45, 2.75) is 44.2 Å². The van der Waals surface area contributed by atoms with Gasteiger partial charge in [-0.2, -0.15) is 4.72 Å². The maximum Gasteiger partial charge on any atom is 0.241 e. The zero-order chi connectivity index (χ0) is 16.4. The third kappa shape index (κ3) is 5.37. The van der Waals surface area contributed by atoms with Gasteiger partial charge in [-0.25, -0.2) is 12.8 Å². The van der Waals surface area contributed by atoms with Gasteiger partial charge < -0.3 is 5.32 Å². The molecule has 0 spiro atoms. The summed E-state index contributed by atoms with van der Waals surface area (Å²) in [5, 5.41) is 2.67. The fourth-order valence-electron chi connectivity index (χ4n) is 1.48. The number of sulfonamides is 1. The third-order valence-corrected chi connectivity index (χ3v) is 4.61. The highest BCUT2D eigenvalue weighted by Gasteiger charge is 2.25. The number of benzene rings is 1. The predicted octanol–water partition coefficient (Wildman–Crippen LogP) is 2.17. The Hall–Kier alpha value is -0.990. The minimum absolute atomic E-state index is 0.167. The van der Waals surface area contributed by atoms with E-state index in [2.05, 4.69) is 26.0 Å². The fraction of sp³-hybridized carbons (Fsp3) is 0.462. The van der Waals surface area contributed by atoms with Crippen molar-refractivity contribution in [1.82, 2.24) is 10.0 Å². The molecule has 21 heavy (non-hydrogen) atoms. The Morgan fingerprint density at radius 3 is 2.38 bits per heavy atom. The molecule has 0 fully saturated rings. The van der Waals surface area contributed by atoms with Crippen LogP contribution >= 0.6 is 15.9 Å². The van der Waals surface area contributed by atoms with Gasteiger partial charge in [0, 0.05) is 5.54 Å². The molecule has 8 heteroatoms. The van der Waals surface area contributed by atoms with E-state index in [1.807, 2.05) is 0 Å². The molecule has 0 radical (unpaired) electrons. The summed E-state index contributed by atoms with van der Waals surface area (Å²) in [6.45, 7) is 6.79. The van der Waals surface area contributed by atoms with Gasteiger partial charge in [0.1, 0.15) is 5.82 Å². The molecule has 5 nitrogen and oxygen atoms in total. The van der Waals surface area contributed by atoms with Gasteiger partial charge in [0.25, 0.3) is 0 Å². The molecule has 0 saturated carbocycles. The number of carbonyl (C=O) groups is 1. The van der Waals surface area contributed by atoms with E-state index in [1.165, 1.54) is 19.1 Å². The summed E-state index contributed by atoms with van der Waals surface area (Å²) in [4.78, 5) is 11.6. The summed E-state index contributed by atoms with van der Waals surface area (Å²) in [7, 11) is -3.97. The molecule has 0 heterocycles. The van der Waals surface area contributed by atoms with Crippen LogP contribution in [0, 0.1) is 5.82 Å². The molecule has 1 rings (SSSR count). The van der Waals surface area contributed by atoms with Crippen LogP contribution in [0.4, 0.5) is 4.39 Å². The van der Waals surface area contributed by atoms with Crippen molar-refractivity contribution in [3.05, 3.63) is 28.5 Å². The van der Waals surface area contributed by atoms with Crippen LogP contribution in [-0.2, 0) is 14.8 Å². The first-order valence-electron chi connectivity index (χ1n) is 6.22. The van der Waals surface area contributed by atoms with Crippen LogP contribution in [-0.4, -0.2) is 25.9 Å². The van der Waals surface area contributed by atoms with Crippen molar-refractivity contribution in [3.8, 4) is 0 Å². The lowest BCUT2D eigenvalue weighted by Crippen LogP contribution is -2.50. The Labute approximate surface area is 132 Å². The molecule has 1 amide bonds. The first-order chi connectivity index (χ1) is 9.42. The number of hydrogen-bond acceptors (Lipinski definition) is 3. The van der Waals surface area contributed by atoms with Gasteiger partial charge in [-0.1, -0.05) is 0 Å². The lowest BCUT2D eigenvalue weighted by Gasteiger charge is -2.23. The predicted molar refractivity (Wildman–Crippen MR) is 81.8 cm³/mol. The van der Waals surface area contributed by atoms with Gasteiger partial charge in [0.15, 0.2) is 0 Å². The minimum atomic E-state index is -3.97. The average Bonchev–Trinajstić information content (AvgIpc) is 2.29. The van der Waals surface area contributed by atoms with Crippen molar-refractivity contribution in [2.75, 3.05) is 0 Å². The Kier molecular flexibility index (Phi) is 5.51. The van der Waals surface area contributed by atoms with Crippen LogP contribution in [0.15, 0.2) is 27.6 Å². The SMILES string of the molecule is CC(NS(=O)(=O)c1ccc(Br)c(F)c1)C(=O)NC(C)(C)C. The lowest BCUT2D eigenvalue weighted by molar-refractivity contribution is -0.123. The van der Waals surface area contributed by atoms with E-state index >= 15 is 0 Å². The van der Waals surface area contributed by atoms with Crippen LogP contribution in [0.2, 0.25) is 0 Å². The van der Waals surface area contributed by atoms with Crippen molar-refractivity contribution < 1.29 is 17.6 Å². The zero-order valence-electron chi connectivity index (χ0n) is 12.2. The summed E-state index contributed by atoms with van der Waals surface area (Å²) >= 11 is 2.95. The maximum absolute atomic E-state index is 13.4. The lowest BCUT2D eigenvalue weighted by atomic mass is 10.1. The van der Waals surface area contributed by atoms with Crippen LogP contribution in [0.1, 0.15) is 27.7 Å². The molecule has 1 aromatic rings. The van der Waals surface area contributed by atoms with E-state index in [-0.39, 0.29) is 9.37 Å². The molecule has 0 saturated heterocycles. The van der Waals surface area contributed by atoms with E-state index in [1.54, 1.807) is 20.8 Å².